The lowest BCUT2D eigenvalue weighted by atomic mass is 10.2. The van der Waals surface area contributed by atoms with Crippen molar-refractivity contribution in [3.05, 3.63) is 49.5 Å². The van der Waals surface area contributed by atoms with E-state index in [1.807, 2.05) is 0 Å². The van der Waals surface area contributed by atoms with E-state index in [0.717, 1.165) is 0 Å². The second kappa shape index (κ2) is 6.47. The minimum Gasteiger partial charge on any atom is -0.331 e. The second-order valence-electron chi connectivity index (χ2n) is 6.09. The number of aromatic amines is 1. The number of thioether (sulfide) groups is 1. The van der Waals surface area contributed by atoms with Crippen LogP contribution in [-0.2, 0) is 24.9 Å². The Balaban J connectivity index is 1.77. The quantitative estimate of drug-likeness (QED) is 0.631. The van der Waals surface area contributed by atoms with Crippen molar-refractivity contribution in [3.63, 3.8) is 0 Å². The van der Waals surface area contributed by atoms with Crippen LogP contribution in [-0.4, -0.2) is 35.6 Å². The Kier molecular flexibility index (Phi) is 4.51. The zero-order valence-corrected chi connectivity index (χ0v) is 15.3. The van der Waals surface area contributed by atoms with E-state index in [2.05, 4.69) is 15.0 Å². The summed E-state index contributed by atoms with van der Waals surface area (Å²) in [7, 11) is 1.67. The highest BCUT2D eigenvalue weighted by Crippen LogP contribution is 2.25. The first-order valence-electron chi connectivity index (χ1n) is 7.85. The summed E-state index contributed by atoms with van der Waals surface area (Å²) in [5.74, 6) is 0.508. The van der Waals surface area contributed by atoms with Gasteiger partial charge in [0.1, 0.15) is 5.82 Å². The van der Waals surface area contributed by atoms with Crippen LogP contribution in [0.2, 0.25) is 0 Å². The number of carbonyl (C=O) groups excluding carboxylic acids is 1. The third-order valence-electron chi connectivity index (χ3n) is 4.18. The summed E-state index contributed by atoms with van der Waals surface area (Å²) in [5.41, 5.74) is 1.48. The Morgan fingerprint density at radius 1 is 1.28 bits per heavy atom. The third kappa shape index (κ3) is 3.37. The molecule has 132 valence electrons. The van der Waals surface area contributed by atoms with Crippen molar-refractivity contribution < 1.29 is 4.79 Å². The number of carbonyl (C=O) groups is 1. The number of H-pyrrole nitrogens is 1. The summed E-state index contributed by atoms with van der Waals surface area (Å²) in [5, 5.41) is -0.0309. The Morgan fingerprint density at radius 3 is 2.68 bits per heavy atom. The number of nitrogens with one attached hydrogen (secondary N) is 1. The van der Waals surface area contributed by atoms with Crippen LogP contribution in [0, 0.1) is 13.8 Å². The van der Waals surface area contributed by atoms with Gasteiger partial charge in [-0.1, -0.05) is 11.8 Å². The molecule has 0 radical (unpaired) electrons. The van der Waals surface area contributed by atoms with Gasteiger partial charge in [0.15, 0.2) is 5.16 Å². The lowest BCUT2D eigenvalue weighted by Crippen LogP contribution is -2.33. The van der Waals surface area contributed by atoms with Gasteiger partial charge < -0.3 is 9.88 Å². The molecule has 1 N–H and O–H groups in total. The lowest BCUT2D eigenvalue weighted by Gasteiger charge is -2.19. The molecule has 9 heteroatoms. The largest absolute Gasteiger partial charge is 0.331 e. The fraction of sp³-hybridized carbons (Fsp3) is 0.438. The molecule has 8 nitrogen and oxygen atoms in total. The molecule has 1 aliphatic heterocycles. The van der Waals surface area contributed by atoms with Gasteiger partial charge in [0.2, 0.25) is 5.91 Å². The fourth-order valence-corrected chi connectivity index (χ4v) is 3.71. The van der Waals surface area contributed by atoms with Crippen molar-refractivity contribution in [1.29, 1.82) is 0 Å². The number of hydrogen-bond acceptors (Lipinski definition) is 6. The Bertz CT molecular complexity index is 965. The van der Waals surface area contributed by atoms with E-state index in [1.54, 1.807) is 32.7 Å². The minimum atomic E-state index is -0.441. The summed E-state index contributed by atoms with van der Waals surface area (Å²) >= 11 is 1.19. The van der Waals surface area contributed by atoms with Crippen LogP contribution in [0.15, 0.2) is 20.8 Å². The first-order valence-corrected chi connectivity index (χ1v) is 8.73. The molecule has 2 aromatic rings. The highest BCUT2D eigenvalue weighted by molar-refractivity contribution is 8.00. The van der Waals surface area contributed by atoms with Crippen molar-refractivity contribution in [2.45, 2.75) is 44.3 Å². The zero-order chi connectivity index (χ0) is 18.3. The molecular weight excluding hydrogens is 342 g/mol. The molecule has 1 amide bonds. The molecule has 3 heterocycles. The molecule has 0 spiro atoms. The van der Waals surface area contributed by atoms with Crippen LogP contribution < -0.4 is 11.1 Å². The van der Waals surface area contributed by atoms with E-state index in [9.17, 15) is 14.4 Å². The molecule has 0 unspecified atom stereocenters. The van der Waals surface area contributed by atoms with E-state index in [4.69, 9.17) is 0 Å². The summed E-state index contributed by atoms with van der Waals surface area (Å²) < 4.78 is 1.49. The molecule has 3 rings (SSSR count). The Morgan fingerprint density at radius 2 is 2.00 bits per heavy atom. The lowest BCUT2D eigenvalue weighted by molar-refractivity contribution is -0.130. The van der Waals surface area contributed by atoms with Crippen LogP contribution in [0.5, 0.6) is 0 Å². The maximum absolute atomic E-state index is 12.7. The molecule has 0 aliphatic carbocycles. The highest BCUT2D eigenvalue weighted by atomic mass is 32.2. The van der Waals surface area contributed by atoms with Crippen LogP contribution in [0.25, 0.3) is 0 Å². The van der Waals surface area contributed by atoms with E-state index >= 15 is 0 Å². The first kappa shape index (κ1) is 17.4. The highest BCUT2D eigenvalue weighted by Gasteiger charge is 2.31. The molecule has 2 aromatic heterocycles. The van der Waals surface area contributed by atoms with Crippen molar-refractivity contribution in [3.8, 4) is 0 Å². The van der Waals surface area contributed by atoms with Gasteiger partial charge >= 0.3 is 0 Å². The number of rotatable bonds is 3. The zero-order valence-electron chi connectivity index (χ0n) is 14.5. The van der Waals surface area contributed by atoms with Gasteiger partial charge in [0, 0.05) is 18.8 Å². The van der Waals surface area contributed by atoms with Crippen molar-refractivity contribution >= 4 is 17.7 Å². The molecule has 25 heavy (non-hydrogen) atoms. The van der Waals surface area contributed by atoms with Crippen molar-refractivity contribution in [2.75, 3.05) is 0 Å². The smallest absolute Gasteiger partial charge is 0.258 e. The van der Waals surface area contributed by atoms with Gasteiger partial charge in [0.25, 0.3) is 11.1 Å². The second-order valence-corrected chi connectivity index (χ2v) is 7.42. The predicted molar refractivity (Wildman–Crippen MR) is 93.4 cm³/mol. The maximum atomic E-state index is 12.7. The minimum absolute atomic E-state index is 0.109. The molecule has 1 atom stereocenters. The molecule has 0 aromatic carbocycles. The van der Waals surface area contributed by atoms with E-state index in [-0.39, 0.29) is 23.6 Å². The summed E-state index contributed by atoms with van der Waals surface area (Å²) in [6.07, 6.45) is 0. The maximum Gasteiger partial charge on any atom is 0.258 e. The Hall–Kier alpha value is -2.42. The number of hydrogen-bond donors (Lipinski definition) is 1. The number of nitrogens with zero attached hydrogens (tertiary/aromatic N) is 4. The van der Waals surface area contributed by atoms with Crippen molar-refractivity contribution in [1.82, 2.24) is 24.4 Å². The van der Waals surface area contributed by atoms with Gasteiger partial charge in [0.05, 0.1) is 29.6 Å². The van der Waals surface area contributed by atoms with Gasteiger partial charge in [-0.15, -0.1) is 0 Å². The molecule has 0 saturated heterocycles. The number of amides is 1. The molecule has 0 fully saturated rings. The Labute approximate surface area is 148 Å². The molecule has 0 bridgehead atoms. The van der Waals surface area contributed by atoms with Crippen LogP contribution in [0.1, 0.15) is 29.7 Å². The third-order valence-corrected chi connectivity index (χ3v) is 5.15. The molecular formula is C16H19N5O3S. The van der Waals surface area contributed by atoms with E-state index < -0.39 is 5.25 Å². The number of aromatic nitrogens is 4. The van der Waals surface area contributed by atoms with Gasteiger partial charge in [-0.3, -0.25) is 19.0 Å². The first-order chi connectivity index (χ1) is 11.8. The normalized spacial score (nSPS) is 14.5. The van der Waals surface area contributed by atoms with E-state index in [0.29, 0.717) is 34.5 Å². The van der Waals surface area contributed by atoms with Crippen LogP contribution in [0.4, 0.5) is 0 Å². The summed E-state index contributed by atoms with van der Waals surface area (Å²) in [6.45, 7) is 5.84. The van der Waals surface area contributed by atoms with Gasteiger partial charge in [-0.05, 0) is 20.8 Å². The fourth-order valence-electron chi connectivity index (χ4n) is 2.77. The topological polar surface area (TPSA) is 101 Å². The average Bonchev–Trinajstić information content (AvgIpc) is 2.95. The summed E-state index contributed by atoms with van der Waals surface area (Å²) in [6, 6.07) is 1.40. The van der Waals surface area contributed by atoms with Gasteiger partial charge in [-0.2, -0.15) is 0 Å². The molecule has 1 aliphatic rings. The number of aryl methyl sites for hydroxylation is 2. The summed E-state index contributed by atoms with van der Waals surface area (Å²) in [4.78, 5) is 49.4. The SMILES string of the molecule is Cc1cc(=O)[nH]c(S[C@H](C)C(=O)N2Cc3nc(C)n(C)c(=O)c3C2)n1. The van der Waals surface area contributed by atoms with Crippen LogP contribution in [0.3, 0.4) is 0 Å². The van der Waals surface area contributed by atoms with Crippen molar-refractivity contribution in [2.24, 2.45) is 7.05 Å². The molecule has 0 saturated carbocycles. The van der Waals surface area contributed by atoms with E-state index in [1.165, 1.54) is 22.4 Å². The van der Waals surface area contributed by atoms with Gasteiger partial charge in [-0.25, -0.2) is 9.97 Å². The standard InChI is InChI=1S/C16H19N5O3S/c1-8-5-13(22)19-16(17-8)25-9(2)14(23)21-6-11-12(7-21)18-10(3)20(4)15(11)24/h5,9H,6-7H2,1-4H3,(H,17,19,22)/t9-/m1/s1. The number of fused-ring (bicyclic) bond motifs is 1. The average molecular weight is 361 g/mol. The monoisotopic (exact) mass is 361 g/mol. The van der Waals surface area contributed by atoms with Crippen LogP contribution >= 0.6 is 11.8 Å². The predicted octanol–water partition coefficient (Wildman–Crippen LogP) is 0.503.